The average Bonchev–Trinajstić information content (AvgIpc) is 3.06. The fraction of sp³-hybridized carbons (Fsp3) is 0.500. The molecule has 0 spiro atoms. The number of thioether (sulfide) groups is 1. The van der Waals surface area contributed by atoms with E-state index in [2.05, 4.69) is 20.8 Å². The van der Waals surface area contributed by atoms with Gasteiger partial charge in [0.25, 0.3) is 0 Å². The minimum absolute atomic E-state index is 0.237. The molecule has 1 aromatic carbocycles. The molecule has 1 unspecified atom stereocenters. The third-order valence-corrected chi connectivity index (χ3v) is 6.15. The maximum atomic E-state index is 12.6. The van der Waals surface area contributed by atoms with E-state index in [1.54, 1.807) is 6.92 Å². The summed E-state index contributed by atoms with van der Waals surface area (Å²) in [6, 6.07) is 3.37. The van der Waals surface area contributed by atoms with Crippen molar-refractivity contribution in [2.75, 3.05) is 5.32 Å². The van der Waals surface area contributed by atoms with Gasteiger partial charge in [0, 0.05) is 5.02 Å². The van der Waals surface area contributed by atoms with Crippen molar-refractivity contribution in [3.63, 3.8) is 0 Å². The van der Waals surface area contributed by atoms with Crippen molar-refractivity contribution in [3.05, 3.63) is 27.2 Å². The Morgan fingerprint density at radius 2 is 1.88 bits per heavy atom. The zero-order valence-electron chi connectivity index (χ0n) is 14.1. The zero-order valence-corrected chi connectivity index (χ0v) is 17.2. The molecule has 2 aromatic rings. The van der Waals surface area contributed by atoms with E-state index < -0.39 is 5.25 Å². The first-order chi connectivity index (χ1) is 12.5. The number of nitrogens with one attached hydrogen (secondary N) is 1. The minimum Gasteiger partial charge on any atom is -0.323 e. The maximum Gasteiger partial charge on any atom is 0.237 e. The van der Waals surface area contributed by atoms with Crippen LogP contribution in [0.2, 0.25) is 15.1 Å². The molecule has 1 N–H and O–H groups in total. The molecule has 1 aliphatic carbocycles. The summed E-state index contributed by atoms with van der Waals surface area (Å²) in [5, 5.41) is 16.0. The van der Waals surface area contributed by atoms with Crippen LogP contribution in [-0.2, 0) is 4.79 Å². The van der Waals surface area contributed by atoms with Crippen molar-refractivity contribution < 1.29 is 4.79 Å². The Hall–Kier alpha value is -1.02. The summed E-state index contributed by atoms with van der Waals surface area (Å²) in [6.45, 7) is 1.79. The van der Waals surface area contributed by atoms with E-state index in [1.807, 2.05) is 4.68 Å². The van der Waals surface area contributed by atoms with Crippen LogP contribution < -0.4 is 5.32 Å². The monoisotopic (exact) mass is 433 g/mol. The number of amides is 1. The summed E-state index contributed by atoms with van der Waals surface area (Å²) in [4.78, 5) is 12.6. The van der Waals surface area contributed by atoms with Gasteiger partial charge >= 0.3 is 0 Å². The topological polar surface area (TPSA) is 72.7 Å². The molecular weight excluding hydrogens is 417 g/mol. The van der Waals surface area contributed by atoms with Crippen LogP contribution >= 0.6 is 46.6 Å². The molecule has 0 radical (unpaired) electrons. The number of halogens is 3. The maximum absolute atomic E-state index is 12.6. The van der Waals surface area contributed by atoms with Crippen LogP contribution in [0.4, 0.5) is 5.69 Å². The number of aromatic nitrogens is 4. The Kier molecular flexibility index (Phi) is 6.66. The Morgan fingerprint density at radius 3 is 2.54 bits per heavy atom. The third kappa shape index (κ3) is 4.63. The molecule has 0 saturated heterocycles. The highest BCUT2D eigenvalue weighted by atomic mass is 35.5. The molecule has 0 bridgehead atoms. The van der Waals surface area contributed by atoms with Gasteiger partial charge < -0.3 is 5.32 Å². The highest BCUT2D eigenvalue weighted by Gasteiger charge is 2.24. The number of rotatable bonds is 5. The van der Waals surface area contributed by atoms with Gasteiger partial charge in [-0.05, 0) is 42.3 Å². The first-order valence-corrected chi connectivity index (χ1v) is 10.4. The van der Waals surface area contributed by atoms with Crippen LogP contribution in [0.1, 0.15) is 45.1 Å². The summed E-state index contributed by atoms with van der Waals surface area (Å²) >= 11 is 19.5. The first-order valence-electron chi connectivity index (χ1n) is 8.35. The lowest BCUT2D eigenvalue weighted by Gasteiger charge is -2.22. The second-order valence-electron chi connectivity index (χ2n) is 6.19. The number of hydrogen-bond donors (Lipinski definition) is 1. The molecule has 1 heterocycles. The first kappa shape index (κ1) is 19.7. The molecule has 6 nitrogen and oxygen atoms in total. The lowest BCUT2D eigenvalue weighted by molar-refractivity contribution is -0.115. The van der Waals surface area contributed by atoms with Gasteiger partial charge in [-0.2, -0.15) is 0 Å². The van der Waals surface area contributed by atoms with Gasteiger partial charge in [-0.1, -0.05) is 65.8 Å². The van der Waals surface area contributed by atoms with Crippen molar-refractivity contribution in [2.45, 2.75) is 55.5 Å². The van der Waals surface area contributed by atoms with Crippen LogP contribution in [0.25, 0.3) is 0 Å². The number of hydrogen-bond acceptors (Lipinski definition) is 5. The third-order valence-electron chi connectivity index (χ3n) is 4.29. The lowest BCUT2D eigenvalue weighted by Crippen LogP contribution is -2.24. The molecule has 1 aliphatic rings. The van der Waals surface area contributed by atoms with E-state index in [0.717, 1.165) is 12.8 Å². The van der Waals surface area contributed by atoms with Gasteiger partial charge in [-0.25, -0.2) is 4.68 Å². The normalized spacial score (nSPS) is 16.5. The fourth-order valence-electron chi connectivity index (χ4n) is 2.92. The zero-order chi connectivity index (χ0) is 18.7. The van der Waals surface area contributed by atoms with E-state index in [9.17, 15) is 4.79 Å². The van der Waals surface area contributed by atoms with E-state index in [4.69, 9.17) is 34.8 Å². The Bertz CT molecular complexity index is 771. The molecule has 0 aliphatic heterocycles. The van der Waals surface area contributed by atoms with Crippen molar-refractivity contribution >= 4 is 58.2 Å². The molecular formula is C16H18Cl3N5OS. The second-order valence-corrected chi connectivity index (χ2v) is 8.75. The van der Waals surface area contributed by atoms with E-state index in [1.165, 1.54) is 43.2 Å². The average molecular weight is 435 g/mol. The molecule has 1 aromatic heterocycles. The molecule has 1 amide bonds. The van der Waals surface area contributed by atoms with Crippen LogP contribution in [0.5, 0.6) is 0 Å². The molecule has 10 heteroatoms. The predicted octanol–water partition coefficient (Wildman–Crippen LogP) is 5.26. The largest absolute Gasteiger partial charge is 0.323 e. The SMILES string of the molecule is CC(Sc1nnnn1C1CCCCC1)C(=O)Nc1c(Cl)cc(Cl)cc1Cl. The predicted molar refractivity (Wildman–Crippen MR) is 105 cm³/mol. The number of nitrogens with zero attached hydrogens (tertiary/aromatic N) is 4. The van der Waals surface area contributed by atoms with Crippen molar-refractivity contribution in [3.8, 4) is 0 Å². The molecule has 1 atom stereocenters. The van der Waals surface area contributed by atoms with Crippen LogP contribution in [-0.4, -0.2) is 31.4 Å². The van der Waals surface area contributed by atoms with Crippen molar-refractivity contribution in [2.24, 2.45) is 0 Å². The van der Waals surface area contributed by atoms with E-state index in [0.29, 0.717) is 32.0 Å². The highest BCUT2D eigenvalue weighted by Crippen LogP contribution is 2.35. The number of carbonyl (C=O) groups excluding carboxylic acids is 1. The lowest BCUT2D eigenvalue weighted by atomic mass is 9.96. The number of anilines is 1. The van der Waals surface area contributed by atoms with Crippen LogP contribution in [0.15, 0.2) is 17.3 Å². The molecule has 1 fully saturated rings. The molecule has 26 heavy (non-hydrogen) atoms. The summed E-state index contributed by atoms with van der Waals surface area (Å²) in [7, 11) is 0. The van der Waals surface area contributed by atoms with Crippen molar-refractivity contribution in [1.82, 2.24) is 20.2 Å². The summed E-state index contributed by atoms with van der Waals surface area (Å²) in [5.41, 5.74) is 0.349. The van der Waals surface area contributed by atoms with Gasteiger partial charge in [0.2, 0.25) is 11.1 Å². The number of tetrazole rings is 1. The summed E-state index contributed by atoms with van der Waals surface area (Å²) < 4.78 is 1.84. The van der Waals surface area contributed by atoms with E-state index in [-0.39, 0.29) is 5.91 Å². The van der Waals surface area contributed by atoms with Crippen LogP contribution in [0, 0.1) is 0 Å². The minimum atomic E-state index is -0.425. The Labute approximate surface area is 170 Å². The molecule has 140 valence electrons. The van der Waals surface area contributed by atoms with Gasteiger partial charge in [0.15, 0.2) is 0 Å². The van der Waals surface area contributed by atoms with Gasteiger partial charge in [-0.15, -0.1) is 5.10 Å². The van der Waals surface area contributed by atoms with Crippen LogP contribution in [0.3, 0.4) is 0 Å². The number of carbonyl (C=O) groups is 1. The van der Waals surface area contributed by atoms with Crippen molar-refractivity contribution in [1.29, 1.82) is 0 Å². The summed E-state index contributed by atoms with van der Waals surface area (Å²) in [5.74, 6) is -0.237. The summed E-state index contributed by atoms with van der Waals surface area (Å²) in [6.07, 6.45) is 5.74. The quantitative estimate of drug-likeness (QED) is 0.650. The Balaban J connectivity index is 1.68. The van der Waals surface area contributed by atoms with Gasteiger partial charge in [0.1, 0.15) is 0 Å². The molecule has 1 saturated carbocycles. The number of benzene rings is 1. The van der Waals surface area contributed by atoms with E-state index >= 15 is 0 Å². The highest BCUT2D eigenvalue weighted by molar-refractivity contribution is 8.00. The Morgan fingerprint density at radius 1 is 1.23 bits per heavy atom. The van der Waals surface area contributed by atoms with Gasteiger partial charge in [-0.3, -0.25) is 4.79 Å². The molecule has 3 rings (SSSR count). The smallest absolute Gasteiger partial charge is 0.237 e. The fourth-order valence-corrected chi connectivity index (χ4v) is 4.69. The standard InChI is InChI=1S/C16H18Cl3N5OS/c1-9(15(25)20-14-12(18)7-10(17)8-13(14)19)26-16-21-22-23-24(16)11-5-3-2-4-6-11/h7-9,11H,2-6H2,1H3,(H,20,25). The van der Waals surface area contributed by atoms with Gasteiger partial charge in [0.05, 0.1) is 27.0 Å². The second kappa shape index (κ2) is 8.78.